The van der Waals surface area contributed by atoms with Gasteiger partial charge in [0.2, 0.25) is 0 Å². The molecule has 0 aliphatic carbocycles. The van der Waals surface area contributed by atoms with E-state index in [4.69, 9.17) is 5.73 Å². The summed E-state index contributed by atoms with van der Waals surface area (Å²) >= 11 is 0. The SMILES string of the molecule is CCC[N-]/N=C(\N)Cc1ccc2ccccc2c1. The van der Waals surface area contributed by atoms with Crippen LogP contribution in [0.25, 0.3) is 16.2 Å². The molecular formula is C15H18N3-. The van der Waals surface area contributed by atoms with Crippen molar-refractivity contribution in [1.29, 1.82) is 0 Å². The smallest absolute Gasteiger partial charge is 0.0832 e. The molecule has 3 nitrogen and oxygen atoms in total. The van der Waals surface area contributed by atoms with Gasteiger partial charge in [-0.1, -0.05) is 55.8 Å². The molecule has 2 rings (SSSR count). The second kappa shape index (κ2) is 6.05. The van der Waals surface area contributed by atoms with Crippen LogP contribution in [0.5, 0.6) is 0 Å². The maximum atomic E-state index is 5.85. The summed E-state index contributed by atoms with van der Waals surface area (Å²) in [5.41, 5.74) is 11.0. The van der Waals surface area contributed by atoms with Crippen molar-refractivity contribution in [2.75, 3.05) is 6.54 Å². The Kier molecular flexibility index (Phi) is 4.18. The third kappa shape index (κ3) is 3.23. The summed E-state index contributed by atoms with van der Waals surface area (Å²) < 4.78 is 0. The third-order valence-electron chi connectivity index (χ3n) is 2.72. The van der Waals surface area contributed by atoms with Crippen LogP contribution in [0.3, 0.4) is 0 Å². The maximum absolute atomic E-state index is 5.85. The van der Waals surface area contributed by atoms with Crippen LogP contribution in [0, 0.1) is 0 Å². The minimum Gasteiger partial charge on any atom is -0.601 e. The number of fused-ring (bicyclic) bond motifs is 1. The molecule has 2 N–H and O–H groups in total. The fourth-order valence-corrected chi connectivity index (χ4v) is 1.83. The molecule has 94 valence electrons. The lowest BCUT2D eigenvalue weighted by atomic mass is 10.1. The molecular weight excluding hydrogens is 222 g/mol. The highest BCUT2D eigenvalue weighted by molar-refractivity contribution is 5.87. The van der Waals surface area contributed by atoms with E-state index in [0.29, 0.717) is 12.3 Å². The first-order valence-corrected chi connectivity index (χ1v) is 6.26. The van der Waals surface area contributed by atoms with E-state index in [2.05, 4.69) is 47.8 Å². The topological polar surface area (TPSA) is 52.5 Å². The Balaban J connectivity index is 2.09. The third-order valence-corrected chi connectivity index (χ3v) is 2.72. The Hall–Kier alpha value is -2.03. The summed E-state index contributed by atoms with van der Waals surface area (Å²) in [6.45, 7) is 2.80. The van der Waals surface area contributed by atoms with Gasteiger partial charge in [-0.05, 0) is 16.3 Å². The van der Waals surface area contributed by atoms with Crippen molar-refractivity contribution in [3.8, 4) is 0 Å². The molecule has 0 fully saturated rings. The predicted molar refractivity (Wildman–Crippen MR) is 77.8 cm³/mol. The minimum atomic E-state index is 0.568. The van der Waals surface area contributed by atoms with Gasteiger partial charge in [-0.2, -0.15) is 0 Å². The van der Waals surface area contributed by atoms with E-state index in [1.807, 2.05) is 12.1 Å². The molecule has 0 radical (unpaired) electrons. The molecule has 0 saturated carbocycles. The van der Waals surface area contributed by atoms with Crippen LogP contribution < -0.4 is 5.73 Å². The molecule has 0 atom stereocenters. The first kappa shape index (κ1) is 12.4. The predicted octanol–water partition coefficient (Wildman–Crippen LogP) is 3.44. The van der Waals surface area contributed by atoms with Gasteiger partial charge in [0, 0.05) is 6.42 Å². The van der Waals surface area contributed by atoms with E-state index in [1.54, 1.807) is 0 Å². The normalized spacial score (nSPS) is 11.7. The van der Waals surface area contributed by atoms with Crippen molar-refractivity contribution in [2.45, 2.75) is 19.8 Å². The second-order valence-electron chi connectivity index (χ2n) is 4.31. The lowest BCUT2D eigenvalue weighted by molar-refractivity contribution is 0.975. The molecule has 18 heavy (non-hydrogen) atoms. The van der Waals surface area contributed by atoms with Crippen LogP contribution >= 0.6 is 0 Å². The Labute approximate surface area is 108 Å². The molecule has 0 spiro atoms. The molecule has 0 heterocycles. The lowest BCUT2D eigenvalue weighted by Crippen LogP contribution is -2.14. The highest BCUT2D eigenvalue weighted by atomic mass is 15.3. The standard InChI is InChI=1S/C15H18N3/c1-2-9-17-18-15(16)11-12-7-8-13-5-3-4-6-14(13)10-12/h3-8,10H,2,9,11H2,1H3,(H2,16,18)/q-1. The zero-order valence-electron chi connectivity index (χ0n) is 10.6. The zero-order chi connectivity index (χ0) is 12.8. The Morgan fingerprint density at radius 3 is 2.72 bits per heavy atom. The van der Waals surface area contributed by atoms with E-state index in [1.165, 1.54) is 16.3 Å². The Morgan fingerprint density at radius 1 is 1.17 bits per heavy atom. The highest BCUT2D eigenvalue weighted by Crippen LogP contribution is 2.15. The molecule has 0 bridgehead atoms. The summed E-state index contributed by atoms with van der Waals surface area (Å²) in [6.07, 6.45) is 1.64. The largest absolute Gasteiger partial charge is 0.601 e. The van der Waals surface area contributed by atoms with Gasteiger partial charge in [0.05, 0.1) is 5.84 Å². The monoisotopic (exact) mass is 240 g/mol. The average Bonchev–Trinajstić information content (AvgIpc) is 2.39. The number of hydrogen-bond acceptors (Lipinski definition) is 1. The van der Waals surface area contributed by atoms with E-state index < -0.39 is 0 Å². The van der Waals surface area contributed by atoms with Crippen LogP contribution in [0.1, 0.15) is 18.9 Å². The quantitative estimate of drug-likeness (QED) is 0.370. The summed E-state index contributed by atoms with van der Waals surface area (Å²) in [5, 5.41) is 6.48. The van der Waals surface area contributed by atoms with Gasteiger partial charge < -0.3 is 16.3 Å². The molecule has 0 amide bonds. The maximum Gasteiger partial charge on any atom is 0.0832 e. The van der Waals surface area contributed by atoms with Crippen LogP contribution in [-0.4, -0.2) is 12.4 Å². The Bertz CT molecular complexity index is 546. The lowest BCUT2D eigenvalue weighted by Gasteiger charge is -2.14. The van der Waals surface area contributed by atoms with E-state index in [-0.39, 0.29) is 0 Å². The second-order valence-corrected chi connectivity index (χ2v) is 4.31. The number of hydrogen-bond donors (Lipinski definition) is 1. The number of benzene rings is 2. The van der Waals surface area contributed by atoms with Gasteiger partial charge in [-0.25, -0.2) is 0 Å². The number of rotatable bonds is 5. The number of nitrogens with two attached hydrogens (primary N) is 1. The molecule has 2 aromatic rings. The minimum absolute atomic E-state index is 0.568. The van der Waals surface area contributed by atoms with Gasteiger partial charge in [0.15, 0.2) is 0 Å². The fourth-order valence-electron chi connectivity index (χ4n) is 1.83. The van der Waals surface area contributed by atoms with Crippen molar-refractivity contribution in [3.63, 3.8) is 0 Å². The molecule has 3 heteroatoms. The number of nitrogens with zero attached hydrogens (tertiary/aromatic N) is 2. The summed E-state index contributed by atoms with van der Waals surface area (Å²) in [5.74, 6) is 0.568. The van der Waals surface area contributed by atoms with E-state index >= 15 is 0 Å². The zero-order valence-corrected chi connectivity index (χ0v) is 10.6. The van der Waals surface area contributed by atoms with Gasteiger partial charge >= 0.3 is 0 Å². The first-order chi connectivity index (χ1) is 8.79. The van der Waals surface area contributed by atoms with Crippen molar-refractivity contribution in [3.05, 3.63) is 53.5 Å². The van der Waals surface area contributed by atoms with E-state index in [9.17, 15) is 0 Å². The highest BCUT2D eigenvalue weighted by Gasteiger charge is 1.97. The van der Waals surface area contributed by atoms with Crippen LogP contribution in [-0.2, 0) is 6.42 Å². The van der Waals surface area contributed by atoms with Gasteiger partial charge in [0.25, 0.3) is 0 Å². The van der Waals surface area contributed by atoms with Gasteiger partial charge in [-0.3, -0.25) is 0 Å². The van der Waals surface area contributed by atoms with Crippen LogP contribution in [0.4, 0.5) is 0 Å². The van der Waals surface area contributed by atoms with Crippen molar-refractivity contribution in [2.24, 2.45) is 10.8 Å². The van der Waals surface area contributed by atoms with Gasteiger partial charge in [-0.15, -0.1) is 6.54 Å². The van der Waals surface area contributed by atoms with Crippen molar-refractivity contribution >= 4 is 16.6 Å². The summed E-state index contributed by atoms with van der Waals surface area (Å²) in [4.78, 5) is 0. The number of amidine groups is 1. The van der Waals surface area contributed by atoms with Crippen molar-refractivity contribution in [1.82, 2.24) is 0 Å². The van der Waals surface area contributed by atoms with Crippen LogP contribution in [0.15, 0.2) is 47.6 Å². The molecule has 2 aromatic carbocycles. The van der Waals surface area contributed by atoms with E-state index in [0.717, 1.165) is 13.0 Å². The molecule has 0 saturated heterocycles. The summed E-state index contributed by atoms with van der Waals surface area (Å²) in [7, 11) is 0. The Morgan fingerprint density at radius 2 is 1.94 bits per heavy atom. The van der Waals surface area contributed by atoms with Crippen molar-refractivity contribution < 1.29 is 0 Å². The molecule has 0 aliphatic heterocycles. The fraction of sp³-hybridized carbons (Fsp3) is 0.267. The molecule has 0 aliphatic rings. The van der Waals surface area contributed by atoms with Crippen LogP contribution in [0.2, 0.25) is 0 Å². The first-order valence-electron chi connectivity index (χ1n) is 6.26. The summed E-state index contributed by atoms with van der Waals surface area (Å²) in [6, 6.07) is 14.6. The average molecular weight is 240 g/mol. The molecule has 0 unspecified atom stereocenters. The molecule has 0 aromatic heterocycles. The van der Waals surface area contributed by atoms with Gasteiger partial charge in [0.1, 0.15) is 0 Å².